The summed E-state index contributed by atoms with van der Waals surface area (Å²) in [6, 6.07) is 9.75. The van der Waals surface area contributed by atoms with E-state index in [1.165, 1.54) is 0 Å². The van der Waals surface area contributed by atoms with Gasteiger partial charge in [-0.25, -0.2) is 0 Å². The molecule has 2 amide bonds. The highest BCUT2D eigenvalue weighted by Gasteiger charge is 2.27. The molecule has 2 rings (SSSR count). The van der Waals surface area contributed by atoms with E-state index in [0.717, 1.165) is 5.56 Å². The third-order valence-electron chi connectivity index (χ3n) is 3.56. The Kier molecular flexibility index (Phi) is 6.36. The molecule has 6 nitrogen and oxygen atoms in total. The number of carbonyl (C=O) groups is 2. The second-order valence-corrected chi connectivity index (χ2v) is 5.34. The fourth-order valence-electron chi connectivity index (χ4n) is 2.33. The summed E-state index contributed by atoms with van der Waals surface area (Å²) in [5.74, 6) is -0.655. The zero-order valence-corrected chi connectivity index (χ0v) is 12.5. The van der Waals surface area contributed by atoms with Crippen molar-refractivity contribution < 1.29 is 19.1 Å². The Morgan fingerprint density at radius 3 is 2.77 bits per heavy atom. The molecule has 1 heterocycles. The molecule has 0 radical (unpaired) electrons. The lowest BCUT2D eigenvalue weighted by atomic mass is 10.1. The molecule has 2 atom stereocenters. The van der Waals surface area contributed by atoms with E-state index in [4.69, 9.17) is 15.2 Å². The van der Waals surface area contributed by atoms with Gasteiger partial charge in [-0.3, -0.25) is 9.59 Å². The van der Waals surface area contributed by atoms with Crippen molar-refractivity contribution in [2.75, 3.05) is 13.2 Å². The number of amides is 2. The van der Waals surface area contributed by atoms with Crippen LogP contribution in [-0.4, -0.2) is 37.2 Å². The number of hydrogen-bond donors (Lipinski definition) is 2. The molecule has 0 aromatic heterocycles. The van der Waals surface area contributed by atoms with E-state index in [1.54, 1.807) is 0 Å². The SMILES string of the molecule is NC(=O)CCC(=O)N[C@@H]1CCOC[C@H]1OCc1ccccc1. The standard InChI is InChI=1S/C16H22N2O4/c17-15(19)6-7-16(20)18-13-8-9-21-11-14(13)22-10-12-4-2-1-3-5-12/h1-5,13-14H,6-11H2,(H2,17,19)(H,18,20)/t13-,14-/m1/s1. The number of rotatable bonds is 7. The summed E-state index contributed by atoms with van der Waals surface area (Å²) in [4.78, 5) is 22.5. The van der Waals surface area contributed by atoms with E-state index < -0.39 is 5.91 Å². The van der Waals surface area contributed by atoms with Crippen LogP contribution in [0.2, 0.25) is 0 Å². The first-order valence-corrected chi connectivity index (χ1v) is 7.46. The van der Waals surface area contributed by atoms with Gasteiger partial charge in [0.25, 0.3) is 0 Å². The van der Waals surface area contributed by atoms with Gasteiger partial charge in [-0.2, -0.15) is 0 Å². The predicted octanol–water partition coefficient (Wildman–Crippen LogP) is 0.742. The smallest absolute Gasteiger partial charge is 0.220 e. The van der Waals surface area contributed by atoms with Crippen molar-refractivity contribution in [1.82, 2.24) is 5.32 Å². The highest BCUT2D eigenvalue weighted by molar-refractivity contribution is 5.82. The average molecular weight is 306 g/mol. The minimum Gasteiger partial charge on any atom is -0.379 e. The fourth-order valence-corrected chi connectivity index (χ4v) is 2.33. The minimum atomic E-state index is -0.473. The Morgan fingerprint density at radius 1 is 1.27 bits per heavy atom. The van der Waals surface area contributed by atoms with Gasteiger partial charge >= 0.3 is 0 Å². The van der Waals surface area contributed by atoms with Crippen LogP contribution in [0, 0.1) is 0 Å². The van der Waals surface area contributed by atoms with Crippen LogP contribution >= 0.6 is 0 Å². The van der Waals surface area contributed by atoms with Gasteiger partial charge in [0.15, 0.2) is 0 Å². The molecule has 1 aliphatic rings. The first-order chi connectivity index (χ1) is 10.6. The van der Waals surface area contributed by atoms with E-state index in [9.17, 15) is 9.59 Å². The summed E-state index contributed by atoms with van der Waals surface area (Å²) in [6.45, 7) is 1.52. The normalized spacial score (nSPS) is 21.3. The number of nitrogens with one attached hydrogen (secondary N) is 1. The van der Waals surface area contributed by atoms with E-state index >= 15 is 0 Å². The van der Waals surface area contributed by atoms with Gasteiger partial charge in [-0.15, -0.1) is 0 Å². The first-order valence-electron chi connectivity index (χ1n) is 7.46. The van der Waals surface area contributed by atoms with Gasteiger partial charge < -0.3 is 20.5 Å². The zero-order chi connectivity index (χ0) is 15.8. The van der Waals surface area contributed by atoms with Crippen LogP contribution in [0.25, 0.3) is 0 Å². The lowest BCUT2D eigenvalue weighted by Crippen LogP contribution is -2.50. The number of primary amides is 1. The summed E-state index contributed by atoms with van der Waals surface area (Å²) in [6.07, 6.45) is 0.677. The van der Waals surface area contributed by atoms with Crippen LogP contribution in [-0.2, 0) is 25.7 Å². The van der Waals surface area contributed by atoms with Crippen molar-refractivity contribution in [3.8, 4) is 0 Å². The van der Waals surface area contributed by atoms with Crippen LogP contribution in [0.3, 0.4) is 0 Å². The molecule has 1 aromatic carbocycles. The van der Waals surface area contributed by atoms with Crippen LogP contribution in [0.1, 0.15) is 24.8 Å². The minimum absolute atomic E-state index is 0.0601. The Balaban J connectivity index is 1.82. The molecule has 3 N–H and O–H groups in total. The summed E-state index contributed by atoms with van der Waals surface area (Å²) in [5.41, 5.74) is 6.13. The van der Waals surface area contributed by atoms with E-state index in [-0.39, 0.29) is 30.9 Å². The monoisotopic (exact) mass is 306 g/mol. The van der Waals surface area contributed by atoms with Crippen molar-refractivity contribution in [3.63, 3.8) is 0 Å². The number of ether oxygens (including phenoxy) is 2. The summed E-state index contributed by atoms with van der Waals surface area (Å²) < 4.78 is 11.3. The number of carbonyl (C=O) groups excluding carboxylic acids is 2. The van der Waals surface area contributed by atoms with Crippen LogP contribution in [0.15, 0.2) is 30.3 Å². The lowest BCUT2D eigenvalue weighted by Gasteiger charge is -2.32. The van der Waals surface area contributed by atoms with Gasteiger partial charge in [-0.1, -0.05) is 30.3 Å². The van der Waals surface area contributed by atoms with Gasteiger partial charge in [0.1, 0.15) is 6.10 Å². The Hall–Kier alpha value is -1.92. The molecular weight excluding hydrogens is 284 g/mol. The second-order valence-electron chi connectivity index (χ2n) is 5.34. The second kappa shape index (κ2) is 8.51. The van der Waals surface area contributed by atoms with E-state index in [1.807, 2.05) is 30.3 Å². The predicted molar refractivity (Wildman–Crippen MR) is 80.8 cm³/mol. The van der Waals surface area contributed by atoms with Gasteiger partial charge in [0.05, 0.1) is 19.3 Å². The molecular formula is C16H22N2O4. The quantitative estimate of drug-likeness (QED) is 0.777. The first kappa shape index (κ1) is 16.5. The largest absolute Gasteiger partial charge is 0.379 e. The van der Waals surface area contributed by atoms with E-state index in [2.05, 4.69) is 5.32 Å². The molecule has 0 spiro atoms. The van der Waals surface area contributed by atoms with Crippen molar-refractivity contribution >= 4 is 11.8 Å². The van der Waals surface area contributed by atoms with Crippen molar-refractivity contribution in [3.05, 3.63) is 35.9 Å². The summed E-state index contributed by atoms with van der Waals surface area (Å²) >= 11 is 0. The molecule has 1 aliphatic heterocycles. The topological polar surface area (TPSA) is 90.7 Å². The van der Waals surface area contributed by atoms with Crippen LogP contribution in [0.4, 0.5) is 0 Å². The molecule has 0 bridgehead atoms. The maximum atomic E-state index is 11.8. The highest BCUT2D eigenvalue weighted by Crippen LogP contribution is 2.14. The van der Waals surface area contributed by atoms with Crippen LogP contribution < -0.4 is 11.1 Å². The molecule has 1 saturated heterocycles. The fraction of sp³-hybridized carbons (Fsp3) is 0.500. The van der Waals surface area contributed by atoms with Gasteiger partial charge in [0.2, 0.25) is 11.8 Å². The maximum Gasteiger partial charge on any atom is 0.220 e. The van der Waals surface area contributed by atoms with E-state index in [0.29, 0.717) is 26.2 Å². The molecule has 1 fully saturated rings. The van der Waals surface area contributed by atoms with Crippen molar-refractivity contribution in [2.45, 2.75) is 38.0 Å². The number of benzene rings is 1. The van der Waals surface area contributed by atoms with Gasteiger partial charge in [0, 0.05) is 19.4 Å². The third kappa shape index (κ3) is 5.46. The highest BCUT2D eigenvalue weighted by atomic mass is 16.5. The number of hydrogen-bond acceptors (Lipinski definition) is 4. The average Bonchev–Trinajstić information content (AvgIpc) is 2.53. The molecule has 1 aromatic rings. The summed E-state index contributed by atoms with van der Waals surface area (Å²) in [5, 5.41) is 2.91. The molecule has 120 valence electrons. The van der Waals surface area contributed by atoms with Crippen LogP contribution in [0.5, 0.6) is 0 Å². The Morgan fingerprint density at radius 2 is 2.05 bits per heavy atom. The molecule has 0 saturated carbocycles. The summed E-state index contributed by atoms with van der Waals surface area (Å²) in [7, 11) is 0. The third-order valence-corrected chi connectivity index (χ3v) is 3.56. The maximum absolute atomic E-state index is 11.8. The van der Waals surface area contributed by atoms with Gasteiger partial charge in [-0.05, 0) is 12.0 Å². The molecule has 0 aliphatic carbocycles. The zero-order valence-electron chi connectivity index (χ0n) is 12.5. The Bertz CT molecular complexity index is 492. The number of nitrogens with two attached hydrogens (primary N) is 1. The molecule has 6 heteroatoms. The Labute approximate surface area is 130 Å². The van der Waals surface area contributed by atoms with Crippen molar-refractivity contribution in [2.24, 2.45) is 5.73 Å². The lowest BCUT2D eigenvalue weighted by molar-refractivity contribution is -0.129. The molecule has 0 unspecified atom stereocenters. The van der Waals surface area contributed by atoms with Crippen molar-refractivity contribution in [1.29, 1.82) is 0 Å². The molecule has 22 heavy (non-hydrogen) atoms.